The second kappa shape index (κ2) is 8.58. The van der Waals surface area contributed by atoms with Crippen LogP contribution >= 0.6 is 0 Å². The number of aromatic nitrogens is 1. The number of allylic oxidation sites excluding steroid dienone is 1. The number of benzene rings is 2. The van der Waals surface area contributed by atoms with E-state index in [9.17, 15) is 13.2 Å². The van der Waals surface area contributed by atoms with Crippen LogP contribution in [-0.4, -0.2) is 4.98 Å². The summed E-state index contributed by atoms with van der Waals surface area (Å²) in [4.78, 5) is 3.36. The van der Waals surface area contributed by atoms with E-state index in [1.165, 1.54) is 42.3 Å². The van der Waals surface area contributed by atoms with Crippen LogP contribution in [0.2, 0.25) is 0 Å². The summed E-state index contributed by atoms with van der Waals surface area (Å²) in [7, 11) is 0. The van der Waals surface area contributed by atoms with E-state index < -0.39 is 11.7 Å². The van der Waals surface area contributed by atoms with Gasteiger partial charge in [-0.05, 0) is 91.2 Å². The molecule has 1 heterocycles. The third-order valence-corrected chi connectivity index (χ3v) is 7.82. The number of H-pyrrole nitrogens is 1. The van der Waals surface area contributed by atoms with Gasteiger partial charge in [-0.1, -0.05) is 38.1 Å². The lowest BCUT2D eigenvalue weighted by Gasteiger charge is -2.36. The molecule has 0 radical (unpaired) electrons. The van der Waals surface area contributed by atoms with Crippen LogP contribution in [0.25, 0.3) is 10.9 Å². The van der Waals surface area contributed by atoms with Crippen molar-refractivity contribution >= 4 is 16.6 Å². The van der Waals surface area contributed by atoms with Gasteiger partial charge in [-0.25, -0.2) is 0 Å². The molecule has 2 N–H and O–H groups in total. The number of halogens is 3. The third-order valence-electron chi connectivity index (χ3n) is 7.82. The number of alkyl halides is 3. The maximum atomic E-state index is 12.8. The Morgan fingerprint density at radius 3 is 2.42 bits per heavy atom. The van der Waals surface area contributed by atoms with Gasteiger partial charge >= 0.3 is 6.18 Å². The van der Waals surface area contributed by atoms with Crippen LogP contribution in [0.3, 0.4) is 0 Å². The molecule has 5 heteroatoms. The molecule has 33 heavy (non-hydrogen) atoms. The van der Waals surface area contributed by atoms with Crippen LogP contribution in [0, 0.1) is 17.8 Å². The average molecular weight is 453 g/mol. The van der Waals surface area contributed by atoms with E-state index >= 15 is 0 Å². The lowest BCUT2D eigenvalue weighted by atomic mass is 9.69. The van der Waals surface area contributed by atoms with E-state index in [1.54, 1.807) is 12.1 Å². The zero-order valence-electron chi connectivity index (χ0n) is 19.0. The van der Waals surface area contributed by atoms with Crippen molar-refractivity contribution in [3.8, 4) is 0 Å². The lowest BCUT2D eigenvalue weighted by molar-refractivity contribution is -0.137. The van der Waals surface area contributed by atoms with Crippen molar-refractivity contribution in [2.24, 2.45) is 17.8 Å². The van der Waals surface area contributed by atoms with E-state index in [-0.39, 0.29) is 0 Å². The molecule has 0 unspecified atom stereocenters. The van der Waals surface area contributed by atoms with Gasteiger partial charge < -0.3 is 10.3 Å². The molecule has 2 aliphatic carbocycles. The highest BCUT2D eigenvalue weighted by atomic mass is 19.4. The number of fused-ring (bicyclic) bond motifs is 1. The van der Waals surface area contributed by atoms with E-state index in [0.717, 1.165) is 47.6 Å². The Kier molecular flexibility index (Phi) is 5.75. The van der Waals surface area contributed by atoms with Gasteiger partial charge in [0.05, 0.1) is 11.3 Å². The van der Waals surface area contributed by atoms with Crippen LogP contribution in [0.1, 0.15) is 61.6 Å². The number of rotatable bonds is 7. The monoisotopic (exact) mass is 452 g/mol. The van der Waals surface area contributed by atoms with Crippen LogP contribution in [-0.2, 0) is 12.6 Å². The first-order chi connectivity index (χ1) is 15.8. The highest BCUT2D eigenvalue weighted by Crippen LogP contribution is 2.44. The van der Waals surface area contributed by atoms with Crippen molar-refractivity contribution in [1.82, 2.24) is 4.98 Å². The molecule has 0 bridgehead atoms. The van der Waals surface area contributed by atoms with Gasteiger partial charge in [0.1, 0.15) is 0 Å². The molecule has 2 saturated carbocycles. The summed E-state index contributed by atoms with van der Waals surface area (Å²) in [6.07, 6.45) is 4.53. The maximum Gasteiger partial charge on any atom is 0.416 e. The summed E-state index contributed by atoms with van der Waals surface area (Å²) in [6, 6.07) is 12.3. The molecular formula is C28H31F3N2. The van der Waals surface area contributed by atoms with Gasteiger partial charge in [0.15, 0.2) is 0 Å². The Hall–Kier alpha value is -2.69. The Balaban J connectivity index is 1.19. The summed E-state index contributed by atoms with van der Waals surface area (Å²) >= 11 is 0. The Morgan fingerprint density at radius 2 is 1.76 bits per heavy atom. The standard InChI is InChI=1S/C28H31F3N2/c1-3-18-11-22(12-18)17(2)33-27-16-32-26-9-4-19(15-25(26)27)10-20-13-23(14-20)21-5-7-24(8-6-21)28(29,30)31/h4-9,15-16,18,20,22-23,32-33H,2-3,10-14H2,1H3. The molecule has 0 saturated heterocycles. The molecular weight excluding hydrogens is 421 g/mol. The van der Waals surface area contributed by atoms with E-state index in [0.29, 0.717) is 17.8 Å². The number of aromatic amines is 1. The van der Waals surface area contributed by atoms with Crippen molar-refractivity contribution in [2.45, 2.75) is 57.5 Å². The van der Waals surface area contributed by atoms with E-state index in [4.69, 9.17) is 0 Å². The topological polar surface area (TPSA) is 27.8 Å². The first kappa shape index (κ1) is 22.1. The predicted molar refractivity (Wildman–Crippen MR) is 128 cm³/mol. The molecule has 5 rings (SSSR count). The second-order valence-corrected chi connectivity index (χ2v) is 10.0. The molecule has 2 aromatic carbocycles. The van der Waals surface area contributed by atoms with Gasteiger partial charge in [0.2, 0.25) is 0 Å². The first-order valence-electron chi connectivity index (χ1n) is 12.0. The smallest absolute Gasteiger partial charge is 0.359 e. The largest absolute Gasteiger partial charge is 0.416 e. The Bertz CT molecular complexity index is 1130. The Labute approximate surface area is 193 Å². The fourth-order valence-electron chi connectivity index (χ4n) is 5.48. The molecule has 0 atom stereocenters. The number of hydrogen-bond acceptors (Lipinski definition) is 1. The molecule has 2 fully saturated rings. The van der Waals surface area contributed by atoms with Crippen molar-refractivity contribution in [3.63, 3.8) is 0 Å². The fourth-order valence-corrected chi connectivity index (χ4v) is 5.48. The summed E-state index contributed by atoms with van der Waals surface area (Å²) in [5.74, 6) is 2.35. The van der Waals surface area contributed by atoms with Crippen LogP contribution in [0.4, 0.5) is 18.9 Å². The van der Waals surface area contributed by atoms with Gasteiger partial charge in [-0.3, -0.25) is 0 Å². The van der Waals surface area contributed by atoms with Crippen LogP contribution < -0.4 is 5.32 Å². The average Bonchev–Trinajstić information content (AvgIpc) is 3.11. The SMILES string of the molecule is C=C(Nc1c[nH]c2ccc(CC3CC(c4ccc(C(F)(F)F)cc4)C3)cc12)C1CC(CC)C1. The maximum absolute atomic E-state index is 12.8. The minimum absolute atomic E-state index is 0.364. The highest BCUT2D eigenvalue weighted by molar-refractivity contribution is 5.93. The molecule has 2 nitrogen and oxygen atoms in total. The molecule has 0 spiro atoms. The van der Waals surface area contributed by atoms with E-state index in [1.807, 2.05) is 6.20 Å². The molecule has 2 aliphatic rings. The molecule has 3 aromatic rings. The number of anilines is 1. The fraction of sp³-hybridized carbons (Fsp3) is 0.429. The van der Waals surface area contributed by atoms with Gasteiger partial charge in [-0.2, -0.15) is 13.2 Å². The number of hydrogen-bond donors (Lipinski definition) is 2. The first-order valence-corrected chi connectivity index (χ1v) is 12.0. The summed E-state index contributed by atoms with van der Waals surface area (Å²) in [5.41, 5.74) is 5.08. The Morgan fingerprint density at radius 1 is 1.03 bits per heavy atom. The van der Waals surface area contributed by atoms with Crippen molar-refractivity contribution in [2.75, 3.05) is 5.32 Å². The normalized spacial score (nSPS) is 24.8. The zero-order chi connectivity index (χ0) is 23.2. The van der Waals surface area contributed by atoms with Gasteiger partial charge in [0, 0.05) is 22.8 Å². The third kappa shape index (κ3) is 4.55. The van der Waals surface area contributed by atoms with Gasteiger partial charge in [0.25, 0.3) is 0 Å². The molecule has 174 valence electrons. The molecule has 0 aliphatic heterocycles. The second-order valence-electron chi connectivity index (χ2n) is 10.0. The zero-order valence-corrected chi connectivity index (χ0v) is 19.0. The highest BCUT2D eigenvalue weighted by Gasteiger charge is 2.33. The minimum Gasteiger partial charge on any atom is -0.359 e. The summed E-state index contributed by atoms with van der Waals surface area (Å²) < 4.78 is 38.4. The van der Waals surface area contributed by atoms with Crippen LogP contribution in [0.5, 0.6) is 0 Å². The van der Waals surface area contributed by atoms with Gasteiger partial charge in [-0.15, -0.1) is 0 Å². The van der Waals surface area contributed by atoms with E-state index in [2.05, 4.69) is 42.0 Å². The number of nitrogens with one attached hydrogen (secondary N) is 2. The predicted octanol–water partition coefficient (Wildman–Crippen LogP) is 8.28. The minimum atomic E-state index is -4.27. The quantitative estimate of drug-likeness (QED) is 0.371. The van der Waals surface area contributed by atoms with Crippen molar-refractivity contribution in [1.29, 1.82) is 0 Å². The summed E-state index contributed by atoms with van der Waals surface area (Å²) in [6.45, 7) is 6.54. The van der Waals surface area contributed by atoms with Crippen molar-refractivity contribution < 1.29 is 13.2 Å². The molecule has 0 amide bonds. The molecule has 1 aromatic heterocycles. The van der Waals surface area contributed by atoms with Crippen LogP contribution in [0.15, 0.2) is 60.9 Å². The lowest BCUT2D eigenvalue weighted by Crippen LogP contribution is -2.27. The summed E-state index contributed by atoms with van der Waals surface area (Å²) in [5, 5.41) is 4.75. The van der Waals surface area contributed by atoms with Crippen molar-refractivity contribution in [3.05, 3.63) is 77.6 Å².